The second-order valence-corrected chi connectivity index (χ2v) is 10.6. The Morgan fingerprint density at radius 3 is 2.30 bits per heavy atom. The van der Waals surface area contributed by atoms with Gasteiger partial charge in [0.1, 0.15) is 18.1 Å². The van der Waals surface area contributed by atoms with Crippen molar-refractivity contribution < 1.29 is 19.4 Å². The Hall–Kier alpha value is -4.26. The van der Waals surface area contributed by atoms with Gasteiger partial charge in [-0.2, -0.15) is 0 Å². The molecule has 1 atom stereocenters. The third-order valence-electron chi connectivity index (χ3n) is 7.95. The molecular weight excluding hydrogens is 502 g/mol. The van der Waals surface area contributed by atoms with Crippen molar-refractivity contribution >= 4 is 34.5 Å². The Kier molecular flexibility index (Phi) is 7.57. The van der Waals surface area contributed by atoms with Crippen molar-refractivity contribution in [1.29, 1.82) is 0 Å². The molecule has 0 aromatic heterocycles. The molecule has 0 spiro atoms. The van der Waals surface area contributed by atoms with Crippen molar-refractivity contribution in [2.24, 2.45) is 0 Å². The summed E-state index contributed by atoms with van der Waals surface area (Å²) in [7, 11) is 1.96. The fourth-order valence-corrected chi connectivity index (χ4v) is 5.54. The van der Waals surface area contributed by atoms with Crippen LogP contribution in [0.25, 0.3) is 5.76 Å². The zero-order valence-electron chi connectivity index (χ0n) is 23.8. The van der Waals surface area contributed by atoms with Crippen molar-refractivity contribution in [2.45, 2.75) is 39.7 Å². The van der Waals surface area contributed by atoms with Gasteiger partial charge in [0.05, 0.1) is 23.8 Å². The van der Waals surface area contributed by atoms with E-state index in [0.29, 0.717) is 30.3 Å². The van der Waals surface area contributed by atoms with Crippen molar-refractivity contribution in [3.05, 3.63) is 89.0 Å². The van der Waals surface area contributed by atoms with E-state index in [9.17, 15) is 14.7 Å². The van der Waals surface area contributed by atoms with Crippen molar-refractivity contribution in [1.82, 2.24) is 0 Å². The van der Waals surface area contributed by atoms with Crippen LogP contribution >= 0.6 is 0 Å². The van der Waals surface area contributed by atoms with E-state index in [2.05, 4.69) is 32.6 Å². The van der Waals surface area contributed by atoms with Gasteiger partial charge in [0.2, 0.25) is 0 Å². The van der Waals surface area contributed by atoms with Gasteiger partial charge in [-0.05, 0) is 73.4 Å². The van der Waals surface area contributed by atoms with Crippen LogP contribution < -0.4 is 19.4 Å². The highest BCUT2D eigenvalue weighted by Gasteiger charge is 2.47. The number of nitrogens with zero attached hydrogens (tertiary/aromatic N) is 3. The molecule has 3 aromatic carbocycles. The Balaban J connectivity index is 1.65. The van der Waals surface area contributed by atoms with Crippen LogP contribution in [0.15, 0.2) is 72.3 Å². The number of aliphatic hydroxyl groups is 1. The van der Waals surface area contributed by atoms with Crippen LogP contribution in [0.5, 0.6) is 5.75 Å². The standard InChI is InChI=1S/C33H37N3O4/c1-6-35(7-2)25-13-10-23(11-14-25)30-29(31(37)24-12-17-28-27(20-24)34(5)18-19-40-28)32(38)33(39)36(30)26-15-8-22(9-16-26)21(3)4/h8-17,20-21,30,37H,6-7,18-19H2,1-5H3/b31-29-. The van der Waals surface area contributed by atoms with Gasteiger partial charge in [-0.25, -0.2) is 0 Å². The molecule has 0 radical (unpaired) electrons. The lowest BCUT2D eigenvalue weighted by molar-refractivity contribution is -0.132. The summed E-state index contributed by atoms with van der Waals surface area (Å²) in [6, 6.07) is 20.2. The van der Waals surface area contributed by atoms with Crippen LogP contribution in [0, 0.1) is 0 Å². The summed E-state index contributed by atoms with van der Waals surface area (Å²) in [6.07, 6.45) is 0. The molecule has 40 heavy (non-hydrogen) atoms. The molecule has 2 aliphatic heterocycles. The molecule has 1 unspecified atom stereocenters. The van der Waals surface area contributed by atoms with Crippen molar-refractivity contribution in [2.75, 3.05) is 48.0 Å². The van der Waals surface area contributed by atoms with Crippen molar-refractivity contribution in [3.8, 4) is 5.75 Å². The number of hydrogen-bond donors (Lipinski definition) is 1. The molecule has 1 fully saturated rings. The molecule has 2 heterocycles. The van der Waals surface area contributed by atoms with Gasteiger partial charge in [-0.1, -0.05) is 38.1 Å². The second kappa shape index (κ2) is 11.1. The van der Waals surface area contributed by atoms with E-state index >= 15 is 0 Å². The number of fused-ring (bicyclic) bond motifs is 1. The van der Waals surface area contributed by atoms with E-state index in [4.69, 9.17) is 4.74 Å². The number of hydrogen-bond acceptors (Lipinski definition) is 6. The first-order chi connectivity index (χ1) is 19.2. The maximum atomic E-state index is 13.6. The average molecular weight is 540 g/mol. The predicted molar refractivity (Wildman–Crippen MR) is 161 cm³/mol. The molecular formula is C33H37N3O4. The first-order valence-corrected chi connectivity index (χ1v) is 14.0. The van der Waals surface area contributed by atoms with Crippen LogP contribution in [-0.2, 0) is 9.59 Å². The Bertz CT molecular complexity index is 1440. The minimum Gasteiger partial charge on any atom is -0.507 e. The van der Waals surface area contributed by atoms with E-state index in [0.717, 1.165) is 41.3 Å². The normalized spacial score (nSPS) is 18.2. The highest BCUT2D eigenvalue weighted by atomic mass is 16.5. The van der Waals surface area contributed by atoms with Crippen LogP contribution in [0.4, 0.5) is 17.1 Å². The molecule has 208 valence electrons. The first kappa shape index (κ1) is 27.3. The third kappa shape index (κ3) is 4.81. The molecule has 0 bridgehead atoms. The Morgan fingerprint density at radius 2 is 1.68 bits per heavy atom. The van der Waals surface area contributed by atoms with Crippen LogP contribution in [0.2, 0.25) is 0 Å². The Labute approximate surface area is 236 Å². The number of Topliss-reactive ketones (excluding diaryl/α,β-unsaturated/α-hetero) is 1. The van der Waals surface area contributed by atoms with Gasteiger partial charge in [0.15, 0.2) is 0 Å². The fourth-order valence-electron chi connectivity index (χ4n) is 5.54. The highest BCUT2D eigenvalue weighted by Crippen LogP contribution is 2.43. The zero-order chi connectivity index (χ0) is 28.6. The molecule has 0 saturated carbocycles. The first-order valence-electron chi connectivity index (χ1n) is 14.0. The lowest BCUT2D eigenvalue weighted by atomic mass is 9.94. The van der Waals surface area contributed by atoms with Gasteiger partial charge < -0.3 is 19.6 Å². The van der Waals surface area contributed by atoms with Gasteiger partial charge in [0, 0.05) is 37.1 Å². The zero-order valence-corrected chi connectivity index (χ0v) is 23.8. The summed E-state index contributed by atoms with van der Waals surface area (Å²) in [5.74, 6) is -0.501. The van der Waals surface area contributed by atoms with E-state index in [-0.39, 0.29) is 11.3 Å². The molecule has 2 aliphatic rings. The largest absolute Gasteiger partial charge is 0.507 e. The van der Waals surface area contributed by atoms with Gasteiger partial charge in [0.25, 0.3) is 11.7 Å². The van der Waals surface area contributed by atoms with E-state index in [1.807, 2.05) is 66.5 Å². The molecule has 0 aliphatic carbocycles. The number of likely N-dealkylation sites (N-methyl/N-ethyl adjacent to an activating group) is 1. The van der Waals surface area contributed by atoms with E-state index in [1.165, 1.54) is 4.90 Å². The van der Waals surface area contributed by atoms with Gasteiger partial charge >= 0.3 is 0 Å². The van der Waals surface area contributed by atoms with E-state index < -0.39 is 17.7 Å². The quantitative estimate of drug-likeness (QED) is 0.222. The summed E-state index contributed by atoms with van der Waals surface area (Å²) in [6.45, 7) is 11.5. The number of benzene rings is 3. The molecule has 7 nitrogen and oxygen atoms in total. The number of carbonyl (C=O) groups excluding carboxylic acids is 2. The topological polar surface area (TPSA) is 73.3 Å². The third-order valence-corrected chi connectivity index (χ3v) is 7.95. The lowest BCUT2D eigenvalue weighted by Gasteiger charge is -2.28. The summed E-state index contributed by atoms with van der Waals surface area (Å²) in [5.41, 5.74) is 4.94. The van der Waals surface area contributed by atoms with Gasteiger partial charge in [-0.15, -0.1) is 0 Å². The number of rotatable bonds is 7. The smallest absolute Gasteiger partial charge is 0.300 e. The lowest BCUT2D eigenvalue weighted by Crippen LogP contribution is -2.29. The molecule has 1 amide bonds. The van der Waals surface area contributed by atoms with Gasteiger partial charge in [-0.3, -0.25) is 14.5 Å². The minimum absolute atomic E-state index is 0.0767. The summed E-state index contributed by atoms with van der Waals surface area (Å²) >= 11 is 0. The SMILES string of the molecule is CCN(CC)c1ccc(C2/C(=C(/O)c3ccc4c(c3)N(C)CCO4)C(=O)C(=O)N2c2ccc(C(C)C)cc2)cc1. The van der Waals surface area contributed by atoms with Crippen LogP contribution in [-0.4, -0.2) is 50.1 Å². The number of aliphatic hydroxyl groups excluding tert-OH is 1. The van der Waals surface area contributed by atoms with E-state index in [1.54, 1.807) is 12.1 Å². The Morgan fingerprint density at radius 1 is 1.00 bits per heavy atom. The number of anilines is 3. The molecule has 7 heteroatoms. The summed E-state index contributed by atoms with van der Waals surface area (Å²) < 4.78 is 5.76. The predicted octanol–water partition coefficient (Wildman–Crippen LogP) is 6.11. The minimum atomic E-state index is -0.777. The number of amides is 1. The molecule has 5 rings (SSSR count). The maximum absolute atomic E-state index is 13.6. The monoisotopic (exact) mass is 539 g/mol. The summed E-state index contributed by atoms with van der Waals surface area (Å²) in [4.78, 5) is 33.0. The second-order valence-electron chi connectivity index (χ2n) is 10.6. The molecule has 3 aromatic rings. The van der Waals surface area contributed by atoms with Crippen LogP contribution in [0.3, 0.4) is 0 Å². The number of ether oxygens (including phenoxy) is 1. The molecule has 1 N–H and O–H groups in total. The molecule has 1 saturated heterocycles. The fraction of sp³-hybridized carbons (Fsp3) is 0.333. The average Bonchev–Trinajstić information content (AvgIpc) is 3.23. The number of ketones is 1. The highest BCUT2D eigenvalue weighted by molar-refractivity contribution is 6.51. The van der Waals surface area contributed by atoms with Crippen LogP contribution in [0.1, 0.15) is 56.3 Å². The summed E-state index contributed by atoms with van der Waals surface area (Å²) in [5, 5.41) is 11.6. The number of carbonyl (C=O) groups is 2. The van der Waals surface area contributed by atoms with Crippen molar-refractivity contribution in [3.63, 3.8) is 0 Å². The maximum Gasteiger partial charge on any atom is 0.300 e.